The number of hydrogen-bond acceptors (Lipinski definition) is 4. The number of sulfonamides is 1. The number of nitrogens with one attached hydrogen (secondary N) is 1. The second-order valence-corrected chi connectivity index (χ2v) is 13.8. The maximum absolute atomic E-state index is 14.6. The maximum atomic E-state index is 14.6. The Kier molecular flexibility index (Phi) is 11.2. The highest BCUT2D eigenvalue weighted by Gasteiger charge is 2.34. The van der Waals surface area contributed by atoms with Gasteiger partial charge in [-0.15, -0.1) is 0 Å². The molecule has 0 bridgehead atoms. The lowest BCUT2D eigenvalue weighted by atomic mass is 10.0. The van der Waals surface area contributed by atoms with E-state index in [2.05, 4.69) is 5.32 Å². The van der Waals surface area contributed by atoms with Gasteiger partial charge in [-0.2, -0.15) is 0 Å². The summed E-state index contributed by atoms with van der Waals surface area (Å²) in [7, 11) is -4.13. The van der Waals surface area contributed by atoms with E-state index in [1.807, 2.05) is 95.3 Å². The van der Waals surface area contributed by atoms with E-state index in [9.17, 15) is 18.0 Å². The van der Waals surface area contributed by atoms with Crippen LogP contribution < -0.4 is 9.62 Å². The van der Waals surface area contributed by atoms with Crippen LogP contribution in [0.5, 0.6) is 0 Å². The number of benzene rings is 4. The Hall–Kier alpha value is -4.43. The number of hydrogen-bond donors (Lipinski definition) is 1. The van der Waals surface area contributed by atoms with Crippen molar-refractivity contribution in [3.05, 3.63) is 131 Å². The van der Waals surface area contributed by atoms with Crippen molar-refractivity contribution in [1.29, 1.82) is 0 Å². The lowest BCUT2D eigenvalue weighted by molar-refractivity contribution is -0.140. The molecular weight excluding hydrogens is 582 g/mol. The van der Waals surface area contributed by atoms with E-state index in [-0.39, 0.29) is 29.7 Å². The third-order valence-corrected chi connectivity index (χ3v) is 9.57. The Morgan fingerprint density at radius 2 is 1.40 bits per heavy atom. The van der Waals surface area contributed by atoms with Crippen molar-refractivity contribution in [2.45, 2.75) is 58.5 Å². The van der Waals surface area contributed by atoms with E-state index in [1.165, 1.54) is 17.0 Å². The molecule has 4 aromatic carbocycles. The van der Waals surface area contributed by atoms with Crippen LogP contribution in [-0.2, 0) is 32.6 Å². The number of carbonyl (C=O) groups is 2. The van der Waals surface area contributed by atoms with E-state index in [4.69, 9.17) is 0 Å². The van der Waals surface area contributed by atoms with Gasteiger partial charge in [0, 0.05) is 19.5 Å². The zero-order valence-corrected chi connectivity index (χ0v) is 27.6. The first-order chi connectivity index (χ1) is 21.5. The number of carbonyl (C=O) groups excluding carboxylic acids is 2. The van der Waals surface area contributed by atoms with Gasteiger partial charge in [-0.25, -0.2) is 8.42 Å². The highest BCUT2D eigenvalue weighted by molar-refractivity contribution is 7.92. The molecule has 8 heteroatoms. The molecule has 0 aromatic heterocycles. The molecule has 0 fully saturated rings. The van der Waals surface area contributed by atoms with Crippen molar-refractivity contribution in [2.75, 3.05) is 17.4 Å². The molecule has 45 heavy (non-hydrogen) atoms. The average Bonchev–Trinajstić information content (AvgIpc) is 3.02. The standard InChI is InChI=1S/C37H43N3O4S/c1-27(2)24-38-37(42)35(23-31-14-8-6-9-15-31)39(25-32-16-12-13-28(3)21-32)36(41)26-40(33-20-19-29(4)30(5)22-33)45(43,44)34-17-10-7-11-18-34/h6-22,27,35H,23-26H2,1-5H3,(H,38,42)/t35-/m0/s1. The molecule has 1 N–H and O–H groups in total. The summed E-state index contributed by atoms with van der Waals surface area (Å²) in [5.41, 5.74) is 5.06. The monoisotopic (exact) mass is 625 g/mol. The molecule has 7 nitrogen and oxygen atoms in total. The predicted molar refractivity (Wildman–Crippen MR) is 180 cm³/mol. The minimum atomic E-state index is -4.13. The van der Waals surface area contributed by atoms with Crippen LogP contribution in [0.3, 0.4) is 0 Å². The van der Waals surface area contributed by atoms with Crippen molar-refractivity contribution in [3.63, 3.8) is 0 Å². The third-order valence-electron chi connectivity index (χ3n) is 7.78. The molecule has 0 aliphatic rings. The van der Waals surface area contributed by atoms with Crippen molar-refractivity contribution >= 4 is 27.5 Å². The Balaban J connectivity index is 1.81. The zero-order valence-electron chi connectivity index (χ0n) is 26.7. The van der Waals surface area contributed by atoms with E-state index in [1.54, 1.807) is 30.3 Å². The fourth-order valence-electron chi connectivity index (χ4n) is 5.11. The molecule has 0 saturated carbocycles. The molecule has 4 rings (SSSR count). The number of amides is 2. The minimum absolute atomic E-state index is 0.0803. The molecule has 0 spiro atoms. The van der Waals surface area contributed by atoms with Crippen LogP contribution in [0.4, 0.5) is 5.69 Å². The lowest BCUT2D eigenvalue weighted by Gasteiger charge is -2.34. The van der Waals surface area contributed by atoms with Crippen LogP contribution in [0.15, 0.2) is 108 Å². The second kappa shape index (κ2) is 15.0. The van der Waals surface area contributed by atoms with Crippen molar-refractivity contribution in [3.8, 4) is 0 Å². The molecule has 4 aromatic rings. The van der Waals surface area contributed by atoms with Crippen molar-refractivity contribution in [2.24, 2.45) is 5.92 Å². The van der Waals surface area contributed by atoms with Gasteiger partial charge in [-0.05, 0) is 73.2 Å². The maximum Gasteiger partial charge on any atom is 0.264 e. The average molecular weight is 626 g/mol. The number of rotatable bonds is 13. The molecule has 0 aliphatic carbocycles. The second-order valence-electron chi connectivity index (χ2n) is 11.9. The van der Waals surface area contributed by atoms with Crippen LogP contribution in [0.25, 0.3) is 0 Å². The first-order valence-corrected chi connectivity index (χ1v) is 16.7. The molecule has 0 unspecified atom stereocenters. The zero-order chi connectivity index (χ0) is 32.6. The van der Waals surface area contributed by atoms with E-state index in [0.717, 1.165) is 32.1 Å². The van der Waals surface area contributed by atoms with Crippen LogP contribution in [-0.4, -0.2) is 44.3 Å². The Morgan fingerprint density at radius 3 is 2.02 bits per heavy atom. The number of aryl methyl sites for hydroxylation is 3. The number of nitrogens with zero attached hydrogens (tertiary/aromatic N) is 2. The first kappa shape index (κ1) is 33.5. The smallest absolute Gasteiger partial charge is 0.264 e. The molecule has 1 atom stereocenters. The van der Waals surface area contributed by atoms with E-state index < -0.39 is 28.5 Å². The van der Waals surface area contributed by atoms with Gasteiger partial charge < -0.3 is 10.2 Å². The Bertz CT molecular complexity index is 1710. The summed E-state index contributed by atoms with van der Waals surface area (Å²) in [5.74, 6) is -0.546. The lowest BCUT2D eigenvalue weighted by Crippen LogP contribution is -2.53. The Labute approximate surface area is 268 Å². The normalized spacial score (nSPS) is 12.0. The van der Waals surface area contributed by atoms with Gasteiger partial charge in [-0.3, -0.25) is 13.9 Å². The highest BCUT2D eigenvalue weighted by atomic mass is 32.2. The third kappa shape index (κ3) is 8.82. The van der Waals surface area contributed by atoms with E-state index >= 15 is 0 Å². The minimum Gasteiger partial charge on any atom is -0.354 e. The van der Waals surface area contributed by atoms with Gasteiger partial charge in [0.05, 0.1) is 10.6 Å². The topological polar surface area (TPSA) is 86.8 Å². The fraction of sp³-hybridized carbons (Fsp3) is 0.297. The largest absolute Gasteiger partial charge is 0.354 e. The van der Waals surface area contributed by atoms with Gasteiger partial charge in [0.2, 0.25) is 11.8 Å². The molecule has 2 amide bonds. The number of anilines is 1. The van der Waals surface area contributed by atoms with Crippen molar-refractivity contribution < 1.29 is 18.0 Å². The predicted octanol–water partition coefficient (Wildman–Crippen LogP) is 6.22. The molecule has 0 saturated heterocycles. The summed E-state index contributed by atoms with van der Waals surface area (Å²) in [4.78, 5) is 30.0. The molecule has 0 heterocycles. The molecule has 0 aliphatic heterocycles. The van der Waals surface area contributed by atoms with Crippen LogP contribution in [0, 0.1) is 26.7 Å². The summed E-state index contributed by atoms with van der Waals surface area (Å²) < 4.78 is 29.4. The SMILES string of the molecule is Cc1cccc(CN(C(=O)CN(c2ccc(C)c(C)c2)S(=O)(=O)c2ccccc2)[C@@H](Cc2ccccc2)C(=O)NCC(C)C)c1. The molecular formula is C37H43N3O4S. The van der Waals surface area contributed by atoms with E-state index in [0.29, 0.717) is 12.2 Å². The van der Waals surface area contributed by atoms with Gasteiger partial charge in [0.1, 0.15) is 12.6 Å². The van der Waals surface area contributed by atoms with Crippen LogP contribution >= 0.6 is 0 Å². The quantitative estimate of drug-likeness (QED) is 0.191. The van der Waals surface area contributed by atoms with Crippen LogP contribution in [0.1, 0.15) is 41.7 Å². The van der Waals surface area contributed by atoms with Gasteiger partial charge >= 0.3 is 0 Å². The van der Waals surface area contributed by atoms with Gasteiger partial charge in [-0.1, -0.05) is 98.3 Å². The summed E-state index contributed by atoms with van der Waals surface area (Å²) in [5, 5.41) is 3.03. The summed E-state index contributed by atoms with van der Waals surface area (Å²) in [6, 6.07) is 29.9. The van der Waals surface area contributed by atoms with Crippen LogP contribution in [0.2, 0.25) is 0 Å². The molecule has 236 valence electrons. The van der Waals surface area contributed by atoms with Crippen molar-refractivity contribution in [1.82, 2.24) is 10.2 Å². The Morgan fingerprint density at radius 1 is 0.756 bits per heavy atom. The van der Waals surface area contributed by atoms with Gasteiger partial charge in [0.25, 0.3) is 10.0 Å². The molecule has 0 radical (unpaired) electrons. The highest BCUT2D eigenvalue weighted by Crippen LogP contribution is 2.27. The summed E-state index contributed by atoms with van der Waals surface area (Å²) in [6.07, 6.45) is 0.275. The summed E-state index contributed by atoms with van der Waals surface area (Å²) in [6.45, 7) is 9.97. The fourth-order valence-corrected chi connectivity index (χ4v) is 6.54. The summed E-state index contributed by atoms with van der Waals surface area (Å²) >= 11 is 0. The first-order valence-electron chi connectivity index (χ1n) is 15.3. The van der Waals surface area contributed by atoms with Gasteiger partial charge in [0.15, 0.2) is 0 Å².